The molecule has 0 radical (unpaired) electrons. The van der Waals surface area contributed by atoms with E-state index in [2.05, 4.69) is 58.3 Å². The molecule has 1 heterocycles. The topological polar surface area (TPSA) is 60.9 Å². The summed E-state index contributed by atoms with van der Waals surface area (Å²) < 4.78 is 30.6. The van der Waals surface area contributed by atoms with Gasteiger partial charge in [0.2, 0.25) is 0 Å². The fourth-order valence-electron chi connectivity index (χ4n) is 3.60. The molecule has 140 valence electrons. The minimum atomic E-state index is -3.86. The predicted molar refractivity (Wildman–Crippen MR) is 104 cm³/mol. The number of hydrogen-bond donors (Lipinski definition) is 1. The van der Waals surface area contributed by atoms with E-state index in [1.165, 1.54) is 11.1 Å². The van der Waals surface area contributed by atoms with Crippen molar-refractivity contribution in [3.63, 3.8) is 0 Å². The molecule has 2 aromatic carbocycles. The highest BCUT2D eigenvalue weighted by Crippen LogP contribution is 2.29. The third-order valence-electron chi connectivity index (χ3n) is 4.88. The molecule has 1 aliphatic rings. The molecule has 0 atom stereocenters. The van der Waals surface area contributed by atoms with Crippen LogP contribution in [0.25, 0.3) is 0 Å². The molecule has 26 heavy (non-hydrogen) atoms. The maximum atomic E-state index is 10.9. The van der Waals surface area contributed by atoms with Crippen molar-refractivity contribution >= 4 is 10.1 Å². The average Bonchev–Trinajstić information content (AvgIpc) is 2.64. The second-order valence-electron chi connectivity index (χ2n) is 6.74. The van der Waals surface area contributed by atoms with E-state index < -0.39 is 10.1 Å². The molecule has 0 aliphatic carbocycles. The molecule has 5 nitrogen and oxygen atoms in total. The summed E-state index contributed by atoms with van der Waals surface area (Å²) in [5, 5.41) is 0. The Labute approximate surface area is 156 Å². The second kappa shape index (κ2) is 8.77. The van der Waals surface area contributed by atoms with Gasteiger partial charge in [-0.15, -0.1) is 0 Å². The van der Waals surface area contributed by atoms with Crippen LogP contribution in [0.4, 0.5) is 0 Å². The van der Waals surface area contributed by atoms with Crippen LogP contribution in [-0.4, -0.2) is 61.2 Å². The maximum absolute atomic E-state index is 10.9. The van der Waals surface area contributed by atoms with Crippen LogP contribution in [0, 0.1) is 0 Å². The van der Waals surface area contributed by atoms with Gasteiger partial charge in [-0.2, -0.15) is 8.42 Å². The quantitative estimate of drug-likeness (QED) is 0.755. The largest absolute Gasteiger partial charge is 0.301 e. The Kier molecular flexibility index (Phi) is 6.43. The van der Waals surface area contributed by atoms with Gasteiger partial charge < -0.3 is 4.90 Å². The summed E-state index contributed by atoms with van der Waals surface area (Å²) >= 11 is 0. The SMILES string of the molecule is O=S(=O)(O)CCCN1CCN(C(c2ccccc2)c2ccccc2)CC1. The molecule has 1 saturated heterocycles. The van der Waals surface area contributed by atoms with Crippen molar-refractivity contribution in [2.24, 2.45) is 0 Å². The summed E-state index contributed by atoms with van der Waals surface area (Å²) in [6.07, 6.45) is 0.472. The van der Waals surface area contributed by atoms with Gasteiger partial charge in [-0.25, -0.2) is 0 Å². The van der Waals surface area contributed by atoms with Crippen molar-refractivity contribution < 1.29 is 13.0 Å². The van der Waals surface area contributed by atoms with Crippen molar-refractivity contribution in [1.29, 1.82) is 0 Å². The smallest absolute Gasteiger partial charge is 0.264 e. The van der Waals surface area contributed by atoms with Crippen LogP contribution < -0.4 is 0 Å². The molecule has 6 heteroatoms. The zero-order chi connectivity index (χ0) is 18.4. The molecule has 3 rings (SSSR count). The maximum Gasteiger partial charge on any atom is 0.264 e. The summed E-state index contributed by atoms with van der Waals surface area (Å²) in [7, 11) is -3.86. The van der Waals surface area contributed by atoms with Crippen LogP contribution in [0.3, 0.4) is 0 Å². The average molecular weight is 375 g/mol. The highest BCUT2D eigenvalue weighted by molar-refractivity contribution is 7.85. The lowest BCUT2D eigenvalue weighted by molar-refractivity contribution is 0.109. The van der Waals surface area contributed by atoms with Crippen LogP contribution in [-0.2, 0) is 10.1 Å². The van der Waals surface area contributed by atoms with Crippen LogP contribution in [0.5, 0.6) is 0 Å². The van der Waals surface area contributed by atoms with Crippen molar-refractivity contribution in [3.05, 3.63) is 71.8 Å². The fourth-order valence-corrected chi connectivity index (χ4v) is 4.09. The number of piperazine rings is 1. The fraction of sp³-hybridized carbons (Fsp3) is 0.400. The van der Waals surface area contributed by atoms with Gasteiger partial charge in [-0.3, -0.25) is 9.45 Å². The Hall–Kier alpha value is -1.73. The third-order valence-corrected chi connectivity index (χ3v) is 5.68. The number of benzene rings is 2. The van der Waals surface area contributed by atoms with Gasteiger partial charge in [0.05, 0.1) is 11.8 Å². The van der Waals surface area contributed by atoms with Gasteiger partial charge >= 0.3 is 0 Å². The van der Waals surface area contributed by atoms with Gasteiger partial charge in [0, 0.05) is 26.2 Å². The Balaban J connectivity index is 1.65. The highest BCUT2D eigenvalue weighted by atomic mass is 32.2. The van der Waals surface area contributed by atoms with Crippen LogP contribution in [0.2, 0.25) is 0 Å². The molecule has 0 spiro atoms. The van der Waals surface area contributed by atoms with E-state index >= 15 is 0 Å². The molecule has 1 N–H and O–H groups in total. The minimum Gasteiger partial charge on any atom is -0.301 e. The van der Waals surface area contributed by atoms with Gasteiger partial charge in [0.25, 0.3) is 10.1 Å². The third kappa shape index (κ3) is 5.38. The molecule has 1 aliphatic heterocycles. The molecule has 0 bridgehead atoms. The molecule has 1 fully saturated rings. The first-order valence-electron chi connectivity index (χ1n) is 9.04. The van der Waals surface area contributed by atoms with Gasteiger partial charge in [-0.05, 0) is 24.1 Å². The van der Waals surface area contributed by atoms with Crippen molar-refractivity contribution in [2.75, 3.05) is 38.5 Å². The predicted octanol–water partition coefficient (Wildman–Crippen LogP) is 2.67. The molecular weight excluding hydrogens is 348 g/mol. The van der Waals surface area contributed by atoms with Crippen molar-refractivity contribution in [3.8, 4) is 0 Å². The zero-order valence-corrected chi connectivity index (χ0v) is 15.7. The number of hydrogen-bond acceptors (Lipinski definition) is 4. The molecular formula is C20H26N2O3S. The second-order valence-corrected chi connectivity index (χ2v) is 8.31. The van der Waals surface area contributed by atoms with E-state index in [0.29, 0.717) is 13.0 Å². The van der Waals surface area contributed by atoms with Gasteiger partial charge in [0.1, 0.15) is 0 Å². The first-order valence-corrected chi connectivity index (χ1v) is 10.7. The Morgan fingerprint density at radius 2 is 1.35 bits per heavy atom. The van der Waals surface area contributed by atoms with Gasteiger partial charge in [-0.1, -0.05) is 60.7 Å². The first-order chi connectivity index (χ1) is 12.5. The van der Waals surface area contributed by atoms with Crippen LogP contribution in [0.1, 0.15) is 23.6 Å². The normalized spacial score (nSPS) is 16.8. The van der Waals surface area contributed by atoms with E-state index in [-0.39, 0.29) is 11.8 Å². The number of nitrogens with zero attached hydrogens (tertiary/aromatic N) is 2. The number of rotatable bonds is 7. The van der Waals surface area contributed by atoms with Crippen molar-refractivity contribution in [2.45, 2.75) is 12.5 Å². The molecule has 0 saturated carbocycles. The van der Waals surface area contributed by atoms with Crippen molar-refractivity contribution in [1.82, 2.24) is 9.80 Å². The van der Waals surface area contributed by atoms with E-state index in [4.69, 9.17) is 4.55 Å². The van der Waals surface area contributed by atoms with Crippen LogP contribution >= 0.6 is 0 Å². The lowest BCUT2D eigenvalue weighted by Crippen LogP contribution is -2.48. The lowest BCUT2D eigenvalue weighted by atomic mass is 9.96. The Morgan fingerprint density at radius 3 is 1.81 bits per heavy atom. The summed E-state index contributed by atoms with van der Waals surface area (Å²) in [5.41, 5.74) is 2.58. The van der Waals surface area contributed by atoms with Gasteiger partial charge in [0.15, 0.2) is 0 Å². The monoisotopic (exact) mass is 374 g/mol. The molecule has 2 aromatic rings. The highest BCUT2D eigenvalue weighted by Gasteiger charge is 2.26. The summed E-state index contributed by atoms with van der Waals surface area (Å²) in [4.78, 5) is 4.76. The molecule has 0 aromatic heterocycles. The summed E-state index contributed by atoms with van der Waals surface area (Å²) in [5.74, 6) is -0.163. The summed E-state index contributed by atoms with van der Waals surface area (Å²) in [6, 6.07) is 21.3. The molecule has 0 amide bonds. The summed E-state index contributed by atoms with van der Waals surface area (Å²) in [6.45, 7) is 4.37. The first kappa shape index (κ1) is 19.0. The van der Waals surface area contributed by atoms with E-state index in [1.54, 1.807) is 0 Å². The minimum absolute atomic E-state index is 0.163. The molecule has 0 unspecified atom stereocenters. The van der Waals surface area contributed by atoms with E-state index in [9.17, 15) is 8.42 Å². The standard InChI is InChI=1S/C20H26N2O3S/c23-26(24,25)17-7-12-21-13-15-22(16-14-21)20(18-8-3-1-4-9-18)19-10-5-2-6-11-19/h1-6,8-11,20H,7,12-17H2,(H,23,24,25). The Bertz CT molecular complexity index is 734. The van der Waals surface area contributed by atoms with Crippen LogP contribution in [0.15, 0.2) is 60.7 Å². The lowest BCUT2D eigenvalue weighted by Gasteiger charge is -2.39. The zero-order valence-electron chi connectivity index (χ0n) is 14.9. The van der Waals surface area contributed by atoms with E-state index in [1.807, 2.05) is 12.1 Å². The van der Waals surface area contributed by atoms with E-state index in [0.717, 1.165) is 26.2 Å². The Morgan fingerprint density at radius 1 is 0.846 bits per heavy atom.